The van der Waals surface area contributed by atoms with Crippen molar-refractivity contribution in [2.75, 3.05) is 17.7 Å². The summed E-state index contributed by atoms with van der Waals surface area (Å²) in [5.74, 6) is 0.390. The first-order valence-corrected chi connectivity index (χ1v) is 8.37. The largest absolute Gasteiger partial charge is 0.497 e. The van der Waals surface area contributed by atoms with Crippen LogP contribution in [0.3, 0.4) is 0 Å². The molecule has 1 aromatic heterocycles. The Hall–Kier alpha value is -3.05. The summed E-state index contributed by atoms with van der Waals surface area (Å²) in [5.41, 5.74) is 3.72. The van der Waals surface area contributed by atoms with Gasteiger partial charge in [0.2, 0.25) is 0 Å². The number of aromatic nitrogens is 1. The summed E-state index contributed by atoms with van der Waals surface area (Å²) in [7, 11) is 1.58. The highest BCUT2D eigenvalue weighted by Gasteiger charge is 2.09. The Morgan fingerprint density at radius 2 is 1.92 bits per heavy atom. The number of hydrogen-bond acceptors (Lipinski definition) is 4. The SMILES string of the molecule is COc1cccc(NC(=O)c2ccc(Nc3ccc(Cl)cc3C)cn2)c1. The Morgan fingerprint density at radius 3 is 2.62 bits per heavy atom. The van der Waals surface area contributed by atoms with Gasteiger partial charge in [-0.05, 0) is 55.0 Å². The van der Waals surface area contributed by atoms with Crippen molar-refractivity contribution in [1.29, 1.82) is 0 Å². The molecule has 0 aliphatic rings. The van der Waals surface area contributed by atoms with E-state index >= 15 is 0 Å². The molecule has 0 saturated heterocycles. The monoisotopic (exact) mass is 367 g/mol. The third-order valence-corrected chi connectivity index (χ3v) is 4.03. The molecule has 1 amide bonds. The molecular weight excluding hydrogens is 350 g/mol. The highest BCUT2D eigenvalue weighted by Crippen LogP contribution is 2.23. The Balaban J connectivity index is 1.69. The number of nitrogens with zero attached hydrogens (tertiary/aromatic N) is 1. The van der Waals surface area contributed by atoms with E-state index in [1.165, 1.54) is 0 Å². The molecular formula is C20H18ClN3O2. The first-order chi connectivity index (χ1) is 12.5. The zero-order valence-corrected chi connectivity index (χ0v) is 15.2. The predicted octanol–water partition coefficient (Wildman–Crippen LogP) is 5.05. The smallest absolute Gasteiger partial charge is 0.274 e. The molecule has 3 aromatic rings. The maximum absolute atomic E-state index is 12.3. The Kier molecular flexibility index (Phi) is 5.39. The Labute approximate surface area is 157 Å². The van der Waals surface area contributed by atoms with Gasteiger partial charge in [0.25, 0.3) is 5.91 Å². The standard InChI is InChI=1S/C20H18ClN3O2/c1-13-10-14(21)6-8-18(13)23-16-7-9-19(22-12-16)20(25)24-15-4-3-5-17(11-15)26-2/h3-12,23H,1-2H3,(H,24,25). The van der Waals surface area contributed by atoms with E-state index in [1.807, 2.05) is 43.3 Å². The van der Waals surface area contributed by atoms with Crippen LogP contribution in [0.15, 0.2) is 60.8 Å². The van der Waals surface area contributed by atoms with Gasteiger partial charge in [-0.15, -0.1) is 0 Å². The quantitative estimate of drug-likeness (QED) is 0.662. The number of halogens is 1. The first-order valence-electron chi connectivity index (χ1n) is 8.00. The van der Waals surface area contributed by atoms with Crippen LogP contribution >= 0.6 is 11.6 Å². The number of ether oxygens (including phenoxy) is 1. The molecule has 1 heterocycles. The van der Waals surface area contributed by atoms with Crippen LogP contribution in [-0.2, 0) is 0 Å². The second kappa shape index (κ2) is 7.89. The molecule has 0 aliphatic heterocycles. The van der Waals surface area contributed by atoms with Crippen molar-refractivity contribution in [2.45, 2.75) is 6.92 Å². The second-order valence-electron chi connectivity index (χ2n) is 5.70. The van der Waals surface area contributed by atoms with Crippen LogP contribution in [0.25, 0.3) is 0 Å². The molecule has 2 N–H and O–H groups in total. The molecule has 0 fully saturated rings. The predicted molar refractivity (Wildman–Crippen MR) is 105 cm³/mol. The molecule has 132 valence electrons. The van der Waals surface area contributed by atoms with E-state index in [0.29, 0.717) is 22.2 Å². The van der Waals surface area contributed by atoms with Gasteiger partial charge in [-0.1, -0.05) is 17.7 Å². The maximum Gasteiger partial charge on any atom is 0.274 e. The zero-order valence-electron chi connectivity index (χ0n) is 14.4. The molecule has 26 heavy (non-hydrogen) atoms. The van der Waals surface area contributed by atoms with Gasteiger partial charge in [-0.2, -0.15) is 0 Å². The maximum atomic E-state index is 12.3. The van der Waals surface area contributed by atoms with Crippen LogP contribution in [0.1, 0.15) is 16.1 Å². The van der Waals surface area contributed by atoms with Crippen molar-refractivity contribution in [1.82, 2.24) is 4.98 Å². The number of anilines is 3. The Morgan fingerprint density at radius 1 is 1.08 bits per heavy atom. The molecule has 0 bridgehead atoms. The molecule has 0 atom stereocenters. The van der Waals surface area contributed by atoms with Gasteiger partial charge >= 0.3 is 0 Å². The van der Waals surface area contributed by atoms with Crippen molar-refractivity contribution in [2.24, 2.45) is 0 Å². The van der Waals surface area contributed by atoms with Gasteiger partial charge in [0.05, 0.1) is 19.0 Å². The van der Waals surface area contributed by atoms with E-state index < -0.39 is 0 Å². The molecule has 6 heteroatoms. The van der Waals surface area contributed by atoms with E-state index in [4.69, 9.17) is 16.3 Å². The van der Waals surface area contributed by atoms with Crippen LogP contribution < -0.4 is 15.4 Å². The minimum atomic E-state index is -0.285. The molecule has 5 nitrogen and oxygen atoms in total. The lowest BCUT2D eigenvalue weighted by Gasteiger charge is -2.10. The molecule has 0 spiro atoms. The number of aryl methyl sites for hydroxylation is 1. The fraction of sp³-hybridized carbons (Fsp3) is 0.100. The zero-order chi connectivity index (χ0) is 18.5. The van der Waals surface area contributed by atoms with E-state index in [1.54, 1.807) is 31.5 Å². The average molecular weight is 368 g/mol. The molecule has 3 rings (SSSR count). The number of carbonyl (C=O) groups excluding carboxylic acids is 1. The highest BCUT2D eigenvalue weighted by molar-refractivity contribution is 6.30. The van der Waals surface area contributed by atoms with Crippen LogP contribution in [-0.4, -0.2) is 18.0 Å². The van der Waals surface area contributed by atoms with Crippen LogP contribution in [0, 0.1) is 6.92 Å². The first kappa shape index (κ1) is 17.8. The summed E-state index contributed by atoms with van der Waals surface area (Å²) in [6.45, 7) is 1.97. The average Bonchev–Trinajstić information content (AvgIpc) is 2.64. The lowest BCUT2D eigenvalue weighted by molar-refractivity contribution is 0.102. The summed E-state index contributed by atoms with van der Waals surface area (Å²) in [4.78, 5) is 16.6. The number of carbonyl (C=O) groups is 1. The van der Waals surface area contributed by atoms with Crippen LogP contribution in [0.4, 0.5) is 17.1 Å². The minimum Gasteiger partial charge on any atom is -0.497 e. The molecule has 0 unspecified atom stereocenters. The number of pyridine rings is 1. The third kappa shape index (κ3) is 4.32. The van der Waals surface area contributed by atoms with Gasteiger partial charge in [0, 0.05) is 22.5 Å². The van der Waals surface area contributed by atoms with Crippen molar-refractivity contribution in [3.8, 4) is 5.75 Å². The third-order valence-electron chi connectivity index (χ3n) is 3.79. The molecule has 0 saturated carbocycles. The summed E-state index contributed by atoms with van der Waals surface area (Å²) < 4.78 is 5.15. The van der Waals surface area contributed by atoms with E-state index in [-0.39, 0.29) is 5.91 Å². The van der Waals surface area contributed by atoms with Gasteiger partial charge in [-0.25, -0.2) is 4.98 Å². The van der Waals surface area contributed by atoms with Gasteiger partial charge < -0.3 is 15.4 Å². The van der Waals surface area contributed by atoms with E-state index in [0.717, 1.165) is 16.9 Å². The number of amides is 1. The number of benzene rings is 2. The molecule has 0 aliphatic carbocycles. The van der Waals surface area contributed by atoms with Gasteiger partial charge in [0.1, 0.15) is 11.4 Å². The van der Waals surface area contributed by atoms with Crippen molar-refractivity contribution < 1.29 is 9.53 Å². The van der Waals surface area contributed by atoms with Crippen molar-refractivity contribution >= 4 is 34.6 Å². The fourth-order valence-electron chi connectivity index (χ4n) is 2.42. The van der Waals surface area contributed by atoms with Crippen LogP contribution in [0.5, 0.6) is 5.75 Å². The lowest BCUT2D eigenvalue weighted by Crippen LogP contribution is -2.13. The van der Waals surface area contributed by atoms with Crippen LogP contribution in [0.2, 0.25) is 5.02 Å². The molecule has 0 radical (unpaired) electrons. The Bertz CT molecular complexity index is 927. The number of methoxy groups -OCH3 is 1. The van der Waals surface area contributed by atoms with Crippen molar-refractivity contribution in [3.63, 3.8) is 0 Å². The van der Waals surface area contributed by atoms with Crippen molar-refractivity contribution in [3.05, 3.63) is 77.1 Å². The lowest BCUT2D eigenvalue weighted by atomic mass is 10.2. The highest BCUT2D eigenvalue weighted by atomic mass is 35.5. The second-order valence-corrected chi connectivity index (χ2v) is 6.14. The van der Waals surface area contributed by atoms with E-state index in [2.05, 4.69) is 15.6 Å². The number of rotatable bonds is 5. The fourth-order valence-corrected chi connectivity index (χ4v) is 2.65. The van der Waals surface area contributed by atoms with E-state index in [9.17, 15) is 4.79 Å². The number of nitrogens with one attached hydrogen (secondary N) is 2. The normalized spacial score (nSPS) is 10.3. The molecule has 2 aromatic carbocycles. The summed E-state index contributed by atoms with van der Waals surface area (Å²) in [6.07, 6.45) is 1.62. The number of hydrogen-bond donors (Lipinski definition) is 2. The minimum absolute atomic E-state index is 0.285. The summed E-state index contributed by atoms with van der Waals surface area (Å²) in [5, 5.41) is 6.75. The topological polar surface area (TPSA) is 63.2 Å². The summed E-state index contributed by atoms with van der Waals surface area (Å²) in [6, 6.07) is 16.2. The van der Waals surface area contributed by atoms with Gasteiger partial charge in [-0.3, -0.25) is 4.79 Å². The summed E-state index contributed by atoms with van der Waals surface area (Å²) >= 11 is 5.97. The van der Waals surface area contributed by atoms with Gasteiger partial charge in [0.15, 0.2) is 0 Å².